The van der Waals surface area contributed by atoms with Gasteiger partial charge in [-0.1, -0.05) is 0 Å². The fourth-order valence-corrected chi connectivity index (χ4v) is 1.68. The molecule has 0 aliphatic heterocycles. The fraction of sp³-hybridized carbons (Fsp3) is 0.933. The summed E-state index contributed by atoms with van der Waals surface area (Å²) in [5.74, 6) is 0. The van der Waals surface area contributed by atoms with E-state index >= 15 is 0 Å². The van der Waals surface area contributed by atoms with Gasteiger partial charge in [0.25, 0.3) is 0 Å². The molecule has 0 saturated carbocycles. The van der Waals surface area contributed by atoms with E-state index in [-0.39, 0.29) is 6.09 Å². The van der Waals surface area contributed by atoms with Gasteiger partial charge in [-0.25, -0.2) is 4.79 Å². The summed E-state index contributed by atoms with van der Waals surface area (Å²) in [7, 11) is 0. The standard InChI is InChI=1S/C15H32N2O3/c1-7-17(14(18)20-15(4,5)6)11-9-10-16-13(3)12-19-8-2/h13,16H,7-12H2,1-6H3. The number of hydrogen-bond acceptors (Lipinski definition) is 4. The molecule has 1 unspecified atom stereocenters. The lowest BCUT2D eigenvalue weighted by Crippen LogP contribution is -2.39. The normalized spacial score (nSPS) is 13.1. The van der Waals surface area contributed by atoms with Gasteiger partial charge in [-0.05, 0) is 54.5 Å². The van der Waals surface area contributed by atoms with Crippen molar-refractivity contribution >= 4 is 6.09 Å². The van der Waals surface area contributed by atoms with Crippen LogP contribution in [0.1, 0.15) is 48.0 Å². The maximum atomic E-state index is 11.9. The molecule has 0 fully saturated rings. The summed E-state index contributed by atoms with van der Waals surface area (Å²) in [6.45, 7) is 15.4. The molecule has 5 nitrogen and oxygen atoms in total. The van der Waals surface area contributed by atoms with Crippen molar-refractivity contribution in [3.63, 3.8) is 0 Å². The predicted octanol–water partition coefficient (Wildman–Crippen LogP) is 2.65. The molecule has 0 heterocycles. The largest absolute Gasteiger partial charge is 0.444 e. The van der Waals surface area contributed by atoms with Crippen LogP contribution in [-0.4, -0.2) is 55.5 Å². The van der Waals surface area contributed by atoms with Gasteiger partial charge in [-0.3, -0.25) is 0 Å². The molecule has 120 valence electrons. The van der Waals surface area contributed by atoms with E-state index in [2.05, 4.69) is 12.2 Å². The second kappa shape index (κ2) is 10.00. The van der Waals surface area contributed by atoms with Gasteiger partial charge >= 0.3 is 6.09 Å². The Morgan fingerprint density at radius 1 is 1.30 bits per heavy atom. The van der Waals surface area contributed by atoms with Crippen molar-refractivity contribution in [1.29, 1.82) is 0 Å². The zero-order valence-electron chi connectivity index (χ0n) is 14.0. The molecule has 5 heteroatoms. The highest BCUT2D eigenvalue weighted by atomic mass is 16.6. The lowest BCUT2D eigenvalue weighted by molar-refractivity contribution is 0.0257. The summed E-state index contributed by atoms with van der Waals surface area (Å²) in [5, 5.41) is 3.38. The SMILES string of the molecule is CCOCC(C)NCCCN(CC)C(=O)OC(C)(C)C. The first kappa shape index (κ1) is 19.2. The molecule has 1 amide bonds. The van der Waals surface area contributed by atoms with Crippen molar-refractivity contribution in [2.75, 3.05) is 32.8 Å². The Hall–Kier alpha value is -0.810. The molecule has 0 bridgehead atoms. The lowest BCUT2D eigenvalue weighted by Gasteiger charge is -2.26. The van der Waals surface area contributed by atoms with Crippen LogP contribution in [0, 0.1) is 0 Å². The lowest BCUT2D eigenvalue weighted by atomic mass is 10.2. The summed E-state index contributed by atoms with van der Waals surface area (Å²) in [6, 6.07) is 0.339. The molecule has 0 aromatic heterocycles. The summed E-state index contributed by atoms with van der Waals surface area (Å²) in [6.07, 6.45) is 0.672. The van der Waals surface area contributed by atoms with E-state index in [0.717, 1.165) is 26.2 Å². The quantitative estimate of drug-likeness (QED) is 0.663. The Labute approximate surface area is 124 Å². The van der Waals surface area contributed by atoms with Crippen LogP contribution in [0.2, 0.25) is 0 Å². The average Bonchev–Trinajstić information content (AvgIpc) is 2.34. The molecule has 1 N–H and O–H groups in total. The Balaban J connectivity index is 3.87. The minimum atomic E-state index is -0.436. The third kappa shape index (κ3) is 10.0. The maximum Gasteiger partial charge on any atom is 0.410 e. The van der Waals surface area contributed by atoms with E-state index in [0.29, 0.717) is 19.1 Å². The molecule has 0 spiro atoms. The van der Waals surface area contributed by atoms with Gasteiger partial charge in [0, 0.05) is 25.7 Å². The molecule has 20 heavy (non-hydrogen) atoms. The number of ether oxygens (including phenoxy) is 2. The second-order valence-corrected chi connectivity index (χ2v) is 5.93. The fourth-order valence-electron chi connectivity index (χ4n) is 1.68. The van der Waals surface area contributed by atoms with Crippen LogP contribution in [0.25, 0.3) is 0 Å². The number of carbonyl (C=O) groups excluding carboxylic acids is 1. The molecule has 0 saturated heterocycles. The Morgan fingerprint density at radius 2 is 1.95 bits per heavy atom. The van der Waals surface area contributed by atoms with Crippen molar-refractivity contribution in [3.05, 3.63) is 0 Å². The van der Waals surface area contributed by atoms with E-state index in [1.54, 1.807) is 4.90 Å². The highest BCUT2D eigenvalue weighted by Crippen LogP contribution is 2.09. The van der Waals surface area contributed by atoms with Crippen molar-refractivity contribution in [2.45, 2.75) is 59.6 Å². The number of nitrogens with one attached hydrogen (secondary N) is 1. The molecular weight excluding hydrogens is 256 g/mol. The van der Waals surface area contributed by atoms with Crippen molar-refractivity contribution in [3.8, 4) is 0 Å². The van der Waals surface area contributed by atoms with Crippen LogP contribution in [0.3, 0.4) is 0 Å². The minimum absolute atomic E-state index is 0.234. The highest BCUT2D eigenvalue weighted by Gasteiger charge is 2.20. The number of amides is 1. The van der Waals surface area contributed by atoms with E-state index in [4.69, 9.17) is 9.47 Å². The van der Waals surface area contributed by atoms with Gasteiger partial charge < -0.3 is 19.7 Å². The predicted molar refractivity (Wildman–Crippen MR) is 82.1 cm³/mol. The topological polar surface area (TPSA) is 50.8 Å². The van der Waals surface area contributed by atoms with Gasteiger partial charge in [-0.15, -0.1) is 0 Å². The maximum absolute atomic E-state index is 11.9. The zero-order valence-corrected chi connectivity index (χ0v) is 14.0. The van der Waals surface area contributed by atoms with E-state index < -0.39 is 5.60 Å². The number of carbonyl (C=O) groups is 1. The van der Waals surface area contributed by atoms with E-state index in [1.807, 2.05) is 34.6 Å². The third-order valence-corrected chi connectivity index (χ3v) is 2.70. The molecule has 1 atom stereocenters. The van der Waals surface area contributed by atoms with Crippen LogP contribution in [0.15, 0.2) is 0 Å². The van der Waals surface area contributed by atoms with E-state index in [1.165, 1.54) is 0 Å². The first-order valence-corrected chi connectivity index (χ1v) is 7.59. The van der Waals surface area contributed by atoms with Crippen LogP contribution in [0.4, 0.5) is 4.79 Å². The molecule has 0 rings (SSSR count). The first-order chi connectivity index (χ1) is 9.30. The zero-order chi connectivity index (χ0) is 15.6. The highest BCUT2D eigenvalue weighted by molar-refractivity contribution is 5.68. The summed E-state index contributed by atoms with van der Waals surface area (Å²) >= 11 is 0. The first-order valence-electron chi connectivity index (χ1n) is 7.59. The van der Waals surface area contributed by atoms with Gasteiger partial charge in [0.05, 0.1) is 6.61 Å². The Kier molecular flexibility index (Phi) is 9.59. The van der Waals surface area contributed by atoms with Crippen LogP contribution >= 0.6 is 0 Å². The summed E-state index contributed by atoms with van der Waals surface area (Å²) < 4.78 is 10.7. The minimum Gasteiger partial charge on any atom is -0.444 e. The van der Waals surface area contributed by atoms with Crippen molar-refractivity contribution in [2.24, 2.45) is 0 Å². The number of hydrogen-bond donors (Lipinski definition) is 1. The Bertz CT molecular complexity index is 264. The third-order valence-electron chi connectivity index (χ3n) is 2.70. The van der Waals surface area contributed by atoms with Gasteiger partial charge in [0.2, 0.25) is 0 Å². The van der Waals surface area contributed by atoms with Crippen LogP contribution in [-0.2, 0) is 9.47 Å². The molecule has 0 radical (unpaired) electrons. The van der Waals surface area contributed by atoms with Gasteiger partial charge in [-0.2, -0.15) is 0 Å². The number of rotatable bonds is 9. The number of nitrogens with zero attached hydrogens (tertiary/aromatic N) is 1. The molecule has 0 aromatic rings. The molecule has 0 aliphatic carbocycles. The van der Waals surface area contributed by atoms with Gasteiger partial charge in [0.15, 0.2) is 0 Å². The van der Waals surface area contributed by atoms with E-state index in [9.17, 15) is 4.79 Å². The van der Waals surface area contributed by atoms with Crippen molar-refractivity contribution in [1.82, 2.24) is 10.2 Å². The Morgan fingerprint density at radius 3 is 2.45 bits per heavy atom. The second-order valence-electron chi connectivity index (χ2n) is 5.93. The van der Waals surface area contributed by atoms with Crippen LogP contribution in [0.5, 0.6) is 0 Å². The van der Waals surface area contributed by atoms with Crippen LogP contribution < -0.4 is 5.32 Å². The summed E-state index contributed by atoms with van der Waals surface area (Å²) in [4.78, 5) is 13.7. The monoisotopic (exact) mass is 288 g/mol. The average molecular weight is 288 g/mol. The molecule has 0 aromatic carbocycles. The van der Waals surface area contributed by atoms with Gasteiger partial charge in [0.1, 0.15) is 5.60 Å². The smallest absolute Gasteiger partial charge is 0.410 e. The van der Waals surface area contributed by atoms with Crippen molar-refractivity contribution < 1.29 is 14.3 Å². The molecule has 0 aliphatic rings. The summed E-state index contributed by atoms with van der Waals surface area (Å²) in [5.41, 5.74) is -0.436. The molecular formula is C15H32N2O3.